The summed E-state index contributed by atoms with van der Waals surface area (Å²) in [6.45, 7) is -1.23. The summed E-state index contributed by atoms with van der Waals surface area (Å²) >= 11 is 6.09. The minimum absolute atomic E-state index is 0.110. The quantitative estimate of drug-likeness (QED) is 0.296. The third kappa shape index (κ3) is 5.06. The Morgan fingerprint density at radius 2 is 1.74 bits per heavy atom. The van der Waals surface area contributed by atoms with Gasteiger partial charge in [0.1, 0.15) is 23.6 Å². The number of aromatic nitrogens is 5. The fourth-order valence-corrected chi connectivity index (χ4v) is 3.74. The number of alkyl halides is 5. The zero-order valence-electron chi connectivity index (χ0n) is 18.1. The van der Waals surface area contributed by atoms with Crippen molar-refractivity contribution in [2.24, 2.45) is 0 Å². The van der Waals surface area contributed by atoms with Crippen molar-refractivity contribution in [3.63, 3.8) is 0 Å². The van der Waals surface area contributed by atoms with Crippen LogP contribution in [0.2, 0.25) is 5.02 Å². The van der Waals surface area contributed by atoms with Crippen LogP contribution >= 0.6 is 11.6 Å². The van der Waals surface area contributed by atoms with Gasteiger partial charge in [0, 0.05) is 24.8 Å². The largest absolute Gasteiger partial charge is 0.433 e. The number of fused-ring (bicyclic) bond motifs is 1. The highest BCUT2D eigenvalue weighted by atomic mass is 35.5. The first kappa shape index (κ1) is 24.5. The summed E-state index contributed by atoms with van der Waals surface area (Å²) in [4.78, 5) is 22.7. The molecule has 7 nitrogen and oxygen atoms in total. The van der Waals surface area contributed by atoms with Crippen LogP contribution in [0.15, 0.2) is 49.2 Å². The average molecular weight is 511 g/mol. The molecular weight excluding hydrogens is 495 g/mol. The van der Waals surface area contributed by atoms with Gasteiger partial charge < -0.3 is 9.64 Å². The molecule has 1 unspecified atom stereocenters. The molecule has 0 N–H and O–H groups in total. The molecule has 0 aliphatic heterocycles. The van der Waals surface area contributed by atoms with Gasteiger partial charge in [-0.2, -0.15) is 22.0 Å². The van der Waals surface area contributed by atoms with E-state index in [2.05, 4.69) is 29.7 Å². The van der Waals surface area contributed by atoms with Crippen molar-refractivity contribution in [2.75, 3.05) is 11.9 Å². The average Bonchev–Trinajstić information content (AvgIpc) is 2.82. The lowest BCUT2D eigenvalue weighted by molar-refractivity contribution is -0.137. The number of rotatable bonds is 6. The van der Waals surface area contributed by atoms with Crippen LogP contribution in [-0.4, -0.2) is 38.6 Å². The van der Waals surface area contributed by atoms with Gasteiger partial charge in [-0.05, 0) is 31.2 Å². The fraction of sp³-hybridized carbons (Fsp3) is 0.227. The van der Waals surface area contributed by atoms with Gasteiger partial charge in [-0.3, -0.25) is 15.0 Å². The molecule has 0 radical (unpaired) electrons. The number of halogens is 6. The number of hydrogen-bond acceptors (Lipinski definition) is 7. The molecule has 0 saturated heterocycles. The van der Waals surface area contributed by atoms with E-state index in [1.165, 1.54) is 30.9 Å². The Morgan fingerprint density at radius 1 is 1.00 bits per heavy atom. The van der Waals surface area contributed by atoms with E-state index in [1.807, 2.05) is 0 Å². The molecular formula is C22H16ClF5N6O. The standard InChI is InChI=1S/C22H16ClF5N6O/c1-11(17-19(30-6-5-29-17)16-4-3-13(9-31-16)35-21(24)25)34(2)20-14-7-12(22(26,27)28)8-15(23)18(14)32-10-33-20/h3-11,21H,1-2H3. The second-order valence-electron chi connectivity index (χ2n) is 7.38. The maximum absolute atomic E-state index is 13.4. The molecule has 0 saturated carbocycles. The maximum Gasteiger partial charge on any atom is 0.416 e. The summed E-state index contributed by atoms with van der Waals surface area (Å²) in [6.07, 6.45) is 0.618. The van der Waals surface area contributed by atoms with Gasteiger partial charge >= 0.3 is 12.8 Å². The molecule has 3 aromatic heterocycles. The van der Waals surface area contributed by atoms with Crippen molar-refractivity contribution in [1.29, 1.82) is 0 Å². The molecule has 1 aromatic carbocycles. The van der Waals surface area contributed by atoms with E-state index in [0.717, 1.165) is 18.3 Å². The van der Waals surface area contributed by atoms with Gasteiger partial charge in [0.2, 0.25) is 0 Å². The molecule has 0 bridgehead atoms. The Balaban J connectivity index is 1.75. The van der Waals surface area contributed by atoms with Gasteiger partial charge in [-0.1, -0.05) is 11.6 Å². The van der Waals surface area contributed by atoms with Crippen LogP contribution < -0.4 is 9.64 Å². The monoisotopic (exact) mass is 510 g/mol. The number of pyridine rings is 1. The van der Waals surface area contributed by atoms with Crippen LogP contribution in [0.25, 0.3) is 22.3 Å². The molecule has 3 heterocycles. The maximum atomic E-state index is 13.4. The number of anilines is 1. The van der Waals surface area contributed by atoms with Gasteiger partial charge in [-0.15, -0.1) is 0 Å². The predicted molar refractivity (Wildman–Crippen MR) is 118 cm³/mol. The van der Waals surface area contributed by atoms with Crippen molar-refractivity contribution < 1.29 is 26.7 Å². The topological polar surface area (TPSA) is 76.9 Å². The lowest BCUT2D eigenvalue weighted by Gasteiger charge is -2.27. The van der Waals surface area contributed by atoms with Crippen LogP contribution in [0.3, 0.4) is 0 Å². The Bertz CT molecular complexity index is 1350. The first-order valence-corrected chi connectivity index (χ1v) is 10.4. The molecule has 35 heavy (non-hydrogen) atoms. The van der Waals surface area contributed by atoms with Crippen LogP contribution in [0.1, 0.15) is 24.2 Å². The van der Waals surface area contributed by atoms with Crippen molar-refractivity contribution >= 4 is 28.3 Å². The van der Waals surface area contributed by atoms with Crippen LogP contribution in [0.5, 0.6) is 5.75 Å². The normalized spacial score (nSPS) is 12.7. The Kier molecular flexibility index (Phi) is 6.66. The zero-order valence-corrected chi connectivity index (χ0v) is 18.9. The number of benzene rings is 1. The highest BCUT2D eigenvalue weighted by Gasteiger charge is 2.32. The number of nitrogens with zero attached hydrogens (tertiary/aromatic N) is 6. The zero-order chi connectivity index (χ0) is 25.3. The summed E-state index contributed by atoms with van der Waals surface area (Å²) in [5, 5.41) is -0.0474. The van der Waals surface area contributed by atoms with Crippen molar-refractivity contribution in [3.8, 4) is 17.1 Å². The second-order valence-corrected chi connectivity index (χ2v) is 7.79. The minimum Gasteiger partial charge on any atom is -0.433 e. The molecule has 4 aromatic rings. The summed E-state index contributed by atoms with van der Waals surface area (Å²) in [5.41, 5.74) is 0.351. The highest BCUT2D eigenvalue weighted by Crippen LogP contribution is 2.38. The van der Waals surface area contributed by atoms with Gasteiger partial charge in [0.25, 0.3) is 0 Å². The second kappa shape index (κ2) is 9.53. The molecule has 0 spiro atoms. The first-order valence-electron chi connectivity index (χ1n) is 10.0. The summed E-state index contributed by atoms with van der Waals surface area (Å²) in [6, 6.07) is 3.98. The van der Waals surface area contributed by atoms with E-state index in [4.69, 9.17) is 11.6 Å². The number of hydrogen-bond donors (Lipinski definition) is 0. The first-order chi connectivity index (χ1) is 16.6. The minimum atomic E-state index is -4.61. The third-order valence-electron chi connectivity index (χ3n) is 5.24. The molecule has 0 fully saturated rings. The van der Waals surface area contributed by atoms with Crippen LogP contribution in [-0.2, 0) is 6.18 Å². The fourth-order valence-electron chi connectivity index (χ4n) is 3.47. The molecule has 4 rings (SSSR count). The Labute approximate surface area is 200 Å². The van der Waals surface area contributed by atoms with E-state index in [0.29, 0.717) is 17.1 Å². The van der Waals surface area contributed by atoms with Crippen molar-refractivity contribution in [2.45, 2.75) is 25.8 Å². The van der Waals surface area contributed by atoms with E-state index >= 15 is 0 Å². The summed E-state index contributed by atoms with van der Waals surface area (Å²) < 4.78 is 69.4. The third-order valence-corrected chi connectivity index (χ3v) is 5.53. The van der Waals surface area contributed by atoms with Crippen molar-refractivity contribution in [3.05, 3.63) is 65.5 Å². The molecule has 182 valence electrons. The lowest BCUT2D eigenvalue weighted by Crippen LogP contribution is -2.25. The van der Waals surface area contributed by atoms with E-state index < -0.39 is 24.4 Å². The number of ether oxygens (including phenoxy) is 1. The van der Waals surface area contributed by atoms with Gasteiger partial charge in [0.15, 0.2) is 0 Å². The SMILES string of the molecule is CC(c1nccnc1-c1ccc(OC(F)F)cn1)N(C)c1ncnc2c(Cl)cc(C(F)(F)F)cc12. The molecule has 0 aliphatic rings. The van der Waals surface area contributed by atoms with E-state index in [9.17, 15) is 22.0 Å². The lowest BCUT2D eigenvalue weighted by atomic mass is 10.1. The van der Waals surface area contributed by atoms with Gasteiger partial charge in [-0.25, -0.2) is 9.97 Å². The van der Waals surface area contributed by atoms with Crippen molar-refractivity contribution in [1.82, 2.24) is 24.9 Å². The van der Waals surface area contributed by atoms with E-state index in [1.54, 1.807) is 18.9 Å². The molecule has 0 aliphatic carbocycles. The summed E-state index contributed by atoms with van der Waals surface area (Å²) in [5.74, 6) is 0.0740. The van der Waals surface area contributed by atoms with Crippen LogP contribution in [0.4, 0.5) is 27.8 Å². The predicted octanol–water partition coefficient (Wildman–Crippen LogP) is 5.95. The summed E-state index contributed by atoms with van der Waals surface area (Å²) in [7, 11) is 1.63. The molecule has 13 heteroatoms. The highest BCUT2D eigenvalue weighted by molar-refractivity contribution is 6.35. The Hall–Kier alpha value is -3.67. The Morgan fingerprint density at radius 3 is 2.40 bits per heavy atom. The smallest absolute Gasteiger partial charge is 0.416 e. The van der Waals surface area contributed by atoms with Crippen LogP contribution in [0, 0.1) is 0 Å². The molecule has 0 amide bonds. The van der Waals surface area contributed by atoms with Gasteiger partial charge in [0.05, 0.1) is 39.7 Å². The van der Waals surface area contributed by atoms with E-state index in [-0.39, 0.29) is 27.5 Å². The molecule has 1 atom stereocenters.